The van der Waals surface area contributed by atoms with Gasteiger partial charge in [-0.05, 0) is 64.2 Å². The molecule has 1 aliphatic rings. The molecule has 1 aliphatic heterocycles. The zero-order valence-corrected chi connectivity index (χ0v) is 33.0. The van der Waals surface area contributed by atoms with E-state index in [0.29, 0.717) is 12.8 Å². The Labute approximate surface area is 340 Å². The molecule has 59 heavy (non-hydrogen) atoms. The van der Waals surface area contributed by atoms with Gasteiger partial charge < -0.3 is 82.9 Å². The predicted molar refractivity (Wildman–Crippen MR) is 215 cm³/mol. The Balaban J connectivity index is 3.34. The molecule has 332 valence electrons. The number of guanidine groups is 3. The topological polar surface area (TPSA) is 479 Å². The molecule has 6 unspecified atom stereocenters. The number of carboxylic acids is 1. The Morgan fingerprint density at radius 2 is 1.00 bits per heavy atom. The van der Waals surface area contributed by atoms with Crippen molar-refractivity contribution in [1.82, 2.24) is 26.2 Å². The number of likely N-dealkylation sites (tertiary alicyclic amines) is 1. The molecule has 26 nitrogen and oxygen atoms in total. The Morgan fingerprint density at radius 1 is 0.576 bits per heavy atom. The standard InChI is InChI=1S/C33H61N17O9/c34-17(5-1-13-43-31(37)38)25(53)46-18(6-2-14-44-32(39)40)26(54)48-20(7-3-15-45-33(41)42)29(57)50-16-4-8-22(50)28(56)47-19(9-11-23(35)51)27(55)49-21(30(58)59)10-12-24(36)52/h17-22H,1-16,34H2,(H2,35,51)(H2,36,52)(H,46,53)(H,47,56)(H,48,54)(H,49,55)(H,58,59)(H4,37,38,43)(H4,39,40,44)(H4,41,42,45). The van der Waals surface area contributed by atoms with Gasteiger partial charge in [0.2, 0.25) is 41.4 Å². The van der Waals surface area contributed by atoms with E-state index in [0.717, 1.165) is 0 Å². The zero-order chi connectivity index (χ0) is 44.7. The lowest BCUT2D eigenvalue weighted by molar-refractivity contribution is -0.144. The first-order valence-electron chi connectivity index (χ1n) is 19.0. The minimum Gasteiger partial charge on any atom is -0.480 e. The molecule has 23 N–H and O–H groups in total. The van der Waals surface area contributed by atoms with Crippen molar-refractivity contribution in [2.45, 2.75) is 113 Å². The fourth-order valence-corrected chi connectivity index (χ4v) is 5.88. The van der Waals surface area contributed by atoms with Crippen molar-refractivity contribution in [2.75, 3.05) is 26.2 Å². The maximum atomic E-state index is 14.2. The first-order chi connectivity index (χ1) is 27.7. The predicted octanol–water partition coefficient (Wildman–Crippen LogP) is -6.98. The number of primary amides is 2. The number of hydrogen-bond donors (Lipinski definition) is 14. The zero-order valence-electron chi connectivity index (χ0n) is 33.0. The van der Waals surface area contributed by atoms with E-state index in [1.54, 1.807) is 0 Å². The van der Waals surface area contributed by atoms with E-state index in [1.807, 2.05) is 0 Å². The number of aliphatic imine (C=N–C) groups is 3. The van der Waals surface area contributed by atoms with Gasteiger partial charge in [0.15, 0.2) is 17.9 Å². The summed E-state index contributed by atoms with van der Waals surface area (Å²) in [5.41, 5.74) is 48.9. The van der Waals surface area contributed by atoms with Crippen LogP contribution in [-0.4, -0.2) is 138 Å². The molecule has 1 heterocycles. The third kappa shape index (κ3) is 20.5. The van der Waals surface area contributed by atoms with Crippen LogP contribution in [0.2, 0.25) is 0 Å². The molecule has 0 spiro atoms. The molecule has 0 aromatic rings. The lowest BCUT2D eigenvalue weighted by atomic mass is 10.0. The number of nitrogens with zero attached hydrogens (tertiary/aromatic N) is 4. The van der Waals surface area contributed by atoms with Crippen LogP contribution in [0.3, 0.4) is 0 Å². The number of rotatable bonds is 28. The lowest BCUT2D eigenvalue weighted by Gasteiger charge is -2.31. The molecule has 0 saturated carbocycles. The van der Waals surface area contributed by atoms with Gasteiger partial charge in [-0.1, -0.05) is 0 Å². The van der Waals surface area contributed by atoms with Crippen LogP contribution in [0.25, 0.3) is 0 Å². The Kier molecular flexibility index (Phi) is 22.7. The van der Waals surface area contributed by atoms with E-state index < -0.39 is 83.6 Å². The van der Waals surface area contributed by atoms with Crippen LogP contribution in [0.1, 0.15) is 77.0 Å². The Morgan fingerprint density at radius 3 is 1.47 bits per heavy atom. The largest absolute Gasteiger partial charge is 0.480 e. The number of carboxylic acid groups (broad SMARTS) is 1. The molecule has 0 radical (unpaired) electrons. The highest BCUT2D eigenvalue weighted by molar-refractivity contribution is 5.97. The molecule has 0 aliphatic carbocycles. The van der Waals surface area contributed by atoms with Gasteiger partial charge in [0, 0.05) is 39.0 Å². The molecule has 26 heteroatoms. The van der Waals surface area contributed by atoms with E-state index in [-0.39, 0.29) is 108 Å². The Hall–Kier alpha value is -6.47. The number of aliphatic carboxylic acids is 1. The van der Waals surface area contributed by atoms with Gasteiger partial charge in [0.05, 0.1) is 6.04 Å². The van der Waals surface area contributed by atoms with Gasteiger partial charge in [-0.2, -0.15) is 0 Å². The first-order valence-corrected chi connectivity index (χ1v) is 19.0. The molecule has 0 aromatic heterocycles. The summed E-state index contributed by atoms with van der Waals surface area (Å²) in [6, 6.07) is -7.72. The van der Waals surface area contributed by atoms with Gasteiger partial charge in [-0.15, -0.1) is 0 Å². The number of nitrogens with two attached hydrogens (primary N) is 9. The van der Waals surface area contributed by atoms with Crippen molar-refractivity contribution in [3.05, 3.63) is 0 Å². The van der Waals surface area contributed by atoms with Gasteiger partial charge in [0.25, 0.3) is 0 Å². The van der Waals surface area contributed by atoms with E-state index in [1.165, 1.54) is 4.90 Å². The third-order valence-electron chi connectivity index (χ3n) is 8.89. The van der Waals surface area contributed by atoms with Crippen molar-refractivity contribution in [3.8, 4) is 0 Å². The highest BCUT2D eigenvalue weighted by Gasteiger charge is 2.40. The van der Waals surface area contributed by atoms with Crippen LogP contribution in [-0.2, 0) is 38.4 Å². The maximum Gasteiger partial charge on any atom is 0.326 e. The first kappa shape index (κ1) is 50.5. The van der Waals surface area contributed by atoms with Crippen molar-refractivity contribution < 1.29 is 43.5 Å². The van der Waals surface area contributed by atoms with E-state index in [4.69, 9.17) is 51.6 Å². The second-order valence-corrected chi connectivity index (χ2v) is 13.7. The van der Waals surface area contributed by atoms with Crippen LogP contribution < -0.4 is 72.9 Å². The summed E-state index contributed by atoms with van der Waals surface area (Å²) in [5.74, 6) is -7.51. The molecule has 6 atom stereocenters. The number of amides is 7. The fourth-order valence-electron chi connectivity index (χ4n) is 5.88. The summed E-state index contributed by atoms with van der Waals surface area (Å²) < 4.78 is 0. The van der Waals surface area contributed by atoms with E-state index in [9.17, 15) is 43.5 Å². The van der Waals surface area contributed by atoms with Crippen molar-refractivity contribution in [2.24, 2.45) is 66.6 Å². The fraction of sp³-hybridized carbons (Fsp3) is 0.667. The van der Waals surface area contributed by atoms with E-state index in [2.05, 4.69) is 36.2 Å². The van der Waals surface area contributed by atoms with Crippen molar-refractivity contribution in [3.63, 3.8) is 0 Å². The summed E-state index contributed by atoms with van der Waals surface area (Å²) >= 11 is 0. The minimum absolute atomic E-state index is 0.0172. The highest BCUT2D eigenvalue weighted by atomic mass is 16.4. The number of carbonyl (C=O) groups excluding carboxylic acids is 7. The van der Waals surface area contributed by atoms with Crippen LogP contribution in [0, 0.1) is 0 Å². The molecule has 1 fully saturated rings. The van der Waals surface area contributed by atoms with Gasteiger partial charge in [-0.3, -0.25) is 48.5 Å². The SMILES string of the molecule is NC(=O)CCC(NC(=O)C(CCC(N)=O)NC(=O)C1CCCN1C(=O)C(CCCN=C(N)N)NC(=O)C(CCCN=C(N)N)NC(=O)C(N)CCCN=C(N)N)C(=O)O. The summed E-state index contributed by atoms with van der Waals surface area (Å²) in [6.07, 6.45) is 0.0461. The summed E-state index contributed by atoms with van der Waals surface area (Å²) in [6.45, 7) is 0.472. The molecule has 7 amide bonds. The third-order valence-corrected chi connectivity index (χ3v) is 8.89. The highest BCUT2D eigenvalue weighted by Crippen LogP contribution is 2.21. The normalized spacial score (nSPS) is 15.8. The maximum absolute atomic E-state index is 14.2. The average molecular weight is 840 g/mol. The van der Waals surface area contributed by atoms with Gasteiger partial charge >= 0.3 is 5.97 Å². The summed E-state index contributed by atoms with van der Waals surface area (Å²) in [4.78, 5) is 116. The van der Waals surface area contributed by atoms with Crippen LogP contribution in [0.4, 0.5) is 0 Å². The van der Waals surface area contributed by atoms with Crippen molar-refractivity contribution in [1.29, 1.82) is 0 Å². The van der Waals surface area contributed by atoms with Gasteiger partial charge in [-0.25, -0.2) is 4.79 Å². The number of hydrogen-bond acceptors (Lipinski definition) is 12. The molecule has 1 saturated heterocycles. The molecule has 0 bridgehead atoms. The van der Waals surface area contributed by atoms with Gasteiger partial charge in [0.1, 0.15) is 30.2 Å². The number of carbonyl (C=O) groups is 8. The summed E-state index contributed by atoms with van der Waals surface area (Å²) in [7, 11) is 0. The quantitative estimate of drug-likeness (QED) is 0.0198. The van der Waals surface area contributed by atoms with Crippen molar-refractivity contribution >= 4 is 65.2 Å². The molecule has 0 aromatic carbocycles. The summed E-state index contributed by atoms with van der Waals surface area (Å²) in [5, 5.41) is 19.6. The molecular formula is C33H61N17O9. The lowest BCUT2D eigenvalue weighted by Crippen LogP contribution is -2.59. The molecule has 1 rings (SSSR count). The smallest absolute Gasteiger partial charge is 0.326 e. The number of nitrogens with one attached hydrogen (secondary N) is 4. The van der Waals surface area contributed by atoms with Crippen LogP contribution in [0.5, 0.6) is 0 Å². The van der Waals surface area contributed by atoms with E-state index >= 15 is 0 Å². The monoisotopic (exact) mass is 839 g/mol. The van der Waals surface area contributed by atoms with Crippen LogP contribution in [0.15, 0.2) is 15.0 Å². The molecular weight excluding hydrogens is 778 g/mol. The second-order valence-electron chi connectivity index (χ2n) is 13.7. The Bertz CT molecular complexity index is 1560. The van der Waals surface area contributed by atoms with Crippen LogP contribution >= 0.6 is 0 Å². The second kappa shape index (κ2) is 26.4. The minimum atomic E-state index is -1.55. The average Bonchev–Trinajstić information content (AvgIpc) is 3.65.